The first-order valence-corrected chi connectivity index (χ1v) is 10.5. The summed E-state index contributed by atoms with van der Waals surface area (Å²) in [5.41, 5.74) is 7.71. The number of carbonyl (C=O) groups excluding carboxylic acids is 1. The van der Waals surface area contributed by atoms with Crippen LogP contribution < -0.4 is 29.0 Å². The molecule has 0 unspecified atom stereocenters. The zero-order valence-corrected chi connectivity index (χ0v) is 18.9. The Morgan fingerprint density at radius 1 is 1.12 bits per heavy atom. The second-order valence-electron chi connectivity index (χ2n) is 7.65. The summed E-state index contributed by atoms with van der Waals surface area (Å²) in [7, 11) is 0. The van der Waals surface area contributed by atoms with Crippen LogP contribution in [0.5, 0.6) is 5.75 Å². The highest BCUT2D eigenvalue weighted by Gasteiger charge is 2.17. The van der Waals surface area contributed by atoms with Gasteiger partial charge >= 0.3 is 0 Å². The zero-order valence-electron chi connectivity index (χ0n) is 18.1. The molecule has 1 aromatic heterocycles. The Balaban J connectivity index is 0.00000363. The maximum absolute atomic E-state index is 12.4. The molecule has 0 aliphatic carbocycles. The third-order valence-electron chi connectivity index (χ3n) is 5.16. The maximum atomic E-state index is 12.4. The fraction of sp³-hybridized carbons (Fsp3) is 0.292. The van der Waals surface area contributed by atoms with Gasteiger partial charge in [-0.25, -0.2) is 0 Å². The molecule has 32 heavy (non-hydrogen) atoms. The fourth-order valence-corrected chi connectivity index (χ4v) is 3.42. The monoisotopic (exact) mass is 456 g/mol. The van der Waals surface area contributed by atoms with E-state index in [1.807, 2.05) is 37.3 Å². The van der Waals surface area contributed by atoms with Crippen LogP contribution in [0, 0.1) is 6.92 Å². The summed E-state index contributed by atoms with van der Waals surface area (Å²) in [6.45, 7) is 2.42. The van der Waals surface area contributed by atoms with Gasteiger partial charge < -0.3 is 33.5 Å². The van der Waals surface area contributed by atoms with Gasteiger partial charge in [0.25, 0.3) is 11.5 Å². The van der Waals surface area contributed by atoms with E-state index in [1.165, 1.54) is 0 Å². The molecule has 3 aromatic rings. The Hall–Kier alpha value is -3.16. The number of hydrogen-bond acceptors (Lipinski definition) is 4. The Kier molecular flexibility index (Phi) is 9.43. The van der Waals surface area contributed by atoms with E-state index < -0.39 is 6.04 Å². The van der Waals surface area contributed by atoms with Gasteiger partial charge in [-0.1, -0.05) is 42.5 Å². The van der Waals surface area contributed by atoms with Crippen molar-refractivity contribution < 1.29 is 28.0 Å². The normalized spacial score (nSPS) is 11.4. The third-order valence-corrected chi connectivity index (χ3v) is 5.16. The third kappa shape index (κ3) is 6.93. The van der Waals surface area contributed by atoms with Gasteiger partial charge in [-0.3, -0.25) is 14.6 Å². The Labute approximate surface area is 193 Å². The average Bonchev–Trinajstić information content (AvgIpc) is 2.77. The number of benzene rings is 2. The molecule has 0 radical (unpaired) electrons. The molecule has 7 nitrogen and oxygen atoms in total. The summed E-state index contributed by atoms with van der Waals surface area (Å²) in [4.78, 5) is 32.1. The van der Waals surface area contributed by atoms with Crippen molar-refractivity contribution in [1.82, 2.24) is 15.3 Å². The second-order valence-corrected chi connectivity index (χ2v) is 7.65. The van der Waals surface area contributed by atoms with Gasteiger partial charge in [0, 0.05) is 13.0 Å². The van der Waals surface area contributed by atoms with E-state index in [1.54, 1.807) is 24.3 Å². The Morgan fingerprint density at radius 2 is 1.81 bits per heavy atom. The van der Waals surface area contributed by atoms with Crippen LogP contribution in [-0.2, 0) is 17.6 Å². The number of hydrogen-bond donors (Lipinski definition) is 4. The number of aromatic amines is 1. The van der Waals surface area contributed by atoms with E-state index in [4.69, 9.17) is 0 Å². The number of aromatic hydroxyl groups is 1. The molecule has 0 spiro atoms. The first-order valence-electron chi connectivity index (χ1n) is 10.5. The summed E-state index contributed by atoms with van der Waals surface area (Å²) in [6, 6.07) is 16.1. The predicted octanol–water partition coefficient (Wildman–Crippen LogP) is -1.25. The van der Waals surface area contributed by atoms with Gasteiger partial charge in [-0.05, 0) is 49.4 Å². The summed E-state index contributed by atoms with van der Waals surface area (Å²) in [5.74, 6) is 0.0964. The van der Waals surface area contributed by atoms with Crippen LogP contribution in [0.15, 0.2) is 59.4 Å². The van der Waals surface area contributed by atoms with Crippen LogP contribution >= 0.6 is 0 Å². The lowest BCUT2D eigenvalue weighted by Crippen LogP contribution is -3.00. The van der Waals surface area contributed by atoms with Crippen LogP contribution in [0.3, 0.4) is 0 Å². The van der Waals surface area contributed by atoms with Crippen molar-refractivity contribution in [2.45, 2.75) is 38.6 Å². The van der Waals surface area contributed by atoms with E-state index in [9.17, 15) is 14.7 Å². The van der Waals surface area contributed by atoms with E-state index in [0.717, 1.165) is 35.4 Å². The number of nitrogens with one attached hydrogen (secondary N) is 2. The minimum absolute atomic E-state index is 0. The van der Waals surface area contributed by atoms with Crippen molar-refractivity contribution >= 4 is 5.91 Å². The number of carbonyl (C=O) groups is 1. The Morgan fingerprint density at radius 3 is 2.50 bits per heavy atom. The molecule has 1 amide bonds. The number of aryl methyl sites for hydroxylation is 2. The number of aromatic nitrogens is 2. The van der Waals surface area contributed by atoms with Gasteiger partial charge in [0.1, 0.15) is 11.4 Å². The minimum atomic E-state index is -0.401. The summed E-state index contributed by atoms with van der Waals surface area (Å²) in [6.07, 6.45) is 2.57. The fourth-order valence-electron chi connectivity index (χ4n) is 3.42. The summed E-state index contributed by atoms with van der Waals surface area (Å²) >= 11 is 0. The van der Waals surface area contributed by atoms with Gasteiger partial charge in [0.2, 0.25) is 0 Å². The quantitative estimate of drug-likeness (QED) is 0.300. The lowest BCUT2D eigenvalue weighted by molar-refractivity contribution is -0.403. The van der Waals surface area contributed by atoms with Gasteiger partial charge in [0.05, 0.1) is 11.4 Å². The highest BCUT2D eigenvalue weighted by molar-refractivity contribution is 5.80. The number of amides is 1. The molecule has 0 saturated carbocycles. The van der Waals surface area contributed by atoms with Crippen LogP contribution in [0.4, 0.5) is 0 Å². The zero-order chi connectivity index (χ0) is 22.2. The van der Waals surface area contributed by atoms with Gasteiger partial charge in [-0.2, -0.15) is 0 Å². The molecule has 8 heteroatoms. The number of H-pyrrole nitrogens is 1. The van der Waals surface area contributed by atoms with Crippen LogP contribution in [0.25, 0.3) is 11.3 Å². The summed E-state index contributed by atoms with van der Waals surface area (Å²) in [5, 5.41) is 12.2. The molecule has 0 fully saturated rings. The van der Waals surface area contributed by atoms with Crippen LogP contribution in [0.1, 0.15) is 29.8 Å². The highest BCUT2D eigenvalue weighted by Crippen LogP contribution is 2.18. The number of phenolic OH excluding ortho intramolecular Hbond substituents is 1. The predicted molar refractivity (Wildman–Crippen MR) is 119 cm³/mol. The van der Waals surface area contributed by atoms with Crippen molar-refractivity contribution in [3.05, 3.63) is 81.9 Å². The van der Waals surface area contributed by atoms with Crippen molar-refractivity contribution in [3.8, 4) is 17.0 Å². The molecule has 0 bridgehead atoms. The molecule has 1 atom stereocenters. The number of quaternary nitrogens is 1. The van der Waals surface area contributed by atoms with Crippen molar-refractivity contribution in [2.75, 3.05) is 6.54 Å². The van der Waals surface area contributed by atoms with Crippen LogP contribution in [-0.4, -0.2) is 33.6 Å². The summed E-state index contributed by atoms with van der Waals surface area (Å²) < 4.78 is 0. The van der Waals surface area contributed by atoms with Crippen molar-refractivity contribution in [1.29, 1.82) is 0 Å². The van der Waals surface area contributed by atoms with E-state index in [2.05, 4.69) is 21.0 Å². The first kappa shape index (κ1) is 25.1. The lowest BCUT2D eigenvalue weighted by atomic mass is 10.1. The van der Waals surface area contributed by atoms with Crippen LogP contribution in [0.2, 0.25) is 0 Å². The molecule has 1 heterocycles. The Bertz CT molecular complexity index is 1070. The average molecular weight is 457 g/mol. The molecule has 0 aliphatic heterocycles. The number of halogens is 1. The van der Waals surface area contributed by atoms with E-state index in [-0.39, 0.29) is 29.6 Å². The van der Waals surface area contributed by atoms with Crippen molar-refractivity contribution in [2.24, 2.45) is 0 Å². The largest absolute Gasteiger partial charge is 1.00 e. The number of rotatable bonds is 9. The first-order chi connectivity index (χ1) is 14.9. The minimum Gasteiger partial charge on any atom is -1.00 e. The van der Waals surface area contributed by atoms with E-state index >= 15 is 0 Å². The van der Waals surface area contributed by atoms with Gasteiger partial charge in [0.15, 0.2) is 6.04 Å². The molecular formula is C24H29ClN4O3. The number of nitrogens with zero attached hydrogens (tertiary/aromatic N) is 1. The number of unbranched alkanes of at least 4 members (excludes halogenated alkanes) is 1. The molecule has 0 saturated heterocycles. The maximum Gasteiger partial charge on any atom is 0.278 e. The lowest BCUT2D eigenvalue weighted by Gasteiger charge is -2.10. The van der Waals surface area contributed by atoms with E-state index in [0.29, 0.717) is 25.1 Å². The molecule has 0 aliphatic rings. The topological polar surface area (TPSA) is 123 Å². The molecule has 2 aromatic carbocycles. The molecular weight excluding hydrogens is 428 g/mol. The highest BCUT2D eigenvalue weighted by atomic mass is 35.5. The molecule has 3 rings (SSSR count). The smallest absolute Gasteiger partial charge is 0.278 e. The SMILES string of the molecule is Cc1nc(CCCCNC(=O)[C@@H]([NH3+])Cc2ccc(O)cc2)c(=O)[nH]c1-c1ccccc1.[Cl-]. The second kappa shape index (κ2) is 12.0. The standard InChI is InChI=1S/C24H28N4O3.ClH/c1-16-22(18-7-3-2-4-8-18)28-24(31)21(27-16)9-5-6-14-26-23(30)20(25)15-17-10-12-19(29)13-11-17;/h2-4,7-8,10-13,20,29H,5-6,9,14-15,25H2,1H3,(H,26,30)(H,28,31);1H/t20-;/m0./s1. The molecule has 6 N–H and O–H groups in total. The van der Waals surface area contributed by atoms with Gasteiger partial charge in [-0.15, -0.1) is 0 Å². The number of phenols is 1. The van der Waals surface area contributed by atoms with Crippen molar-refractivity contribution in [3.63, 3.8) is 0 Å². The molecule has 170 valence electrons.